The molecule has 0 amide bonds. The third-order valence-corrected chi connectivity index (χ3v) is 4.51. The molecule has 154 valence electrons. The summed E-state index contributed by atoms with van der Waals surface area (Å²) >= 11 is 0. The minimum atomic E-state index is -4.31. The molecule has 0 saturated carbocycles. The van der Waals surface area contributed by atoms with E-state index < -0.39 is 11.7 Å². The molecule has 2 N–H and O–H groups in total. The van der Waals surface area contributed by atoms with Gasteiger partial charge in [-0.25, -0.2) is 0 Å². The van der Waals surface area contributed by atoms with Crippen molar-refractivity contribution in [1.29, 1.82) is 0 Å². The number of guanidine groups is 1. The van der Waals surface area contributed by atoms with E-state index in [1.165, 1.54) is 12.1 Å². The van der Waals surface area contributed by atoms with Crippen molar-refractivity contribution in [2.24, 2.45) is 4.99 Å². The average Bonchev–Trinajstić information content (AvgIpc) is 2.61. The number of rotatable bonds is 5. The molecule has 2 atom stereocenters. The van der Waals surface area contributed by atoms with Gasteiger partial charge in [0.15, 0.2) is 5.96 Å². The number of aliphatic imine (C=N–C) groups is 1. The van der Waals surface area contributed by atoms with Crippen LogP contribution in [0.4, 0.5) is 13.2 Å². The summed E-state index contributed by atoms with van der Waals surface area (Å²) in [6, 6.07) is 5.83. The normalized spacial score (nSPS) is 19.9. The van der Waals surface area contributed by atoms with Gasteiger partial charge in [0.2, 0.25) is 0 Å². The van der Waals surface area contributed by atoms with Crippen LogP contribution in [-0.2, 0) is 17.5 Å². The highest BCUT2D eigenvalue weighted by Gasteiger charge is 2.29. The van der Waals surface area contributed by atoms with Gasteiger partial charge in [-0.2, -0.15) is 13.2 Å². The first-order valence-corrected chi connectivity index (χ1v) is 8.75. The number of nitrogens with one attached hydrogen (secondary N) is 2. The summed E-state index contributed by atoms with van der Waals surface area (Å²) in [5.41, 5.74) is 0.119. The Hall–Kier alpha value is -1.07. The molecule has 9 heteroatoms. The van der Waals surface area contributed by atoms with E-state index in [0.717, 1.165) is 44.0 Å². The maximum atomic E-state index is 12.6. The van der Waals surface area contributed by atoms with E-state index in [1.54, 1.807) is 7.05 Å². The molecule has 1 aromatic rings. The van der Waals surface area contributed by atoms with Crippen LogP contribution >= 0.6 is 24.0 Å². The second-order valence-corrected chi connectivity index (χ2v) is 6.51. The van der Waals surface area contributed by atoms with Crippen LogP contribution in [0, 0.1) is 0 Å². The molecule has 1 aromatic carbocycles. The summed E-state index contributed by atoms with van der Waals surface area (Å²) in [6.45, 7) is 7.81. The monoisotopic (exact) mass is 500 g/mol. The Bertz CT molecular complexity index is 595. The summed E-state index contributed by atoms with van der Waals surface area (Å²) in [5, 5.41) is 6.40. The number of benzene rings is 1. The third kappa shape index (κ3) is 7.46. The van der Waals surface area contributed by atoms with Crippen LogP contribution in [0.1, 0.15) is 25.0 Å². The predicted octanol–water partition coefficient (Wildman–Crippen LogP) is 3.10. The minimum absolute atomic E-state index is 0. The lowest BCUT2D eigenvalue weighted by atomic mass is 10.1. The van der Waals surface area contributed by atoms with E-state index in [1.807, 2.05) is 0 Å². The van der Waals surface area contributed by atoms with Crippen LogP contribution in [0.25, 0.3) is 0 Å². The number of alkyl halides is 3. The number of morpholine rings is 1. The van der Waals surface area contributed by atoms with Crippen molar-refractivity contribution < 1.29 is 17.9 Å². The number of nitrogens with zero attached hydrogens (tertiary/aromatic N) is 2. The van der Waals surface area contributed by atoms with E-state index in [9.17, 15) is 13.2 Å². The molecule has 0 spiro atoms. The van der Waals surface area contributed by atoms with Crippen molar-refractivity contribution in [3.8, 4) is 0 Å². The standard InChI is InChI=1S/C18H27F3N4O.HI/c1-13(25-8-9-26-12-14(25)2)10-23-17(22-3)24-11-15-4-6-16(7-5-15)18(19,20)21;/h4-7,13-14H,8-12H2,1-3H3,(H2,22,23,24);1H. The van der Waals surface area contributed by atoms with E-state index in [0.29, 0.717) is 24.6 Å². The van der Waals surface area contributed by atoms with Crippen molar-refractivity contribution in [3.05, 3.63) is 35.4 Å². The molecule has 1 fully saturated rings. The molecule has 1 aliphatic rings. The Morgan fingerprint density at radius 1 is 1.30 bits per heavy atom. The van der Waals surface area contributed by atoms with Crippen molar-refractivity contribution >= 4 is 29.9 Å². The van der Waals surface area contributed by atoms with Crippen LogP contribution in [0.2, 0.25) is 0 Å². The average molecular weight is 500 g/mol. The highest BCUT2D eigenvalue weighted by Crippen LogP contribution is 2.29. The zero-order chi connectivity index (χ0) is 19.2. The first-order valence-electron chi connectivity index (χ1n) is 8.75. The number of hydrogen-bond acceptors (Lipinski definition) is 3. The third-order valence-electron chi connectivity index (χ3n) is 4.51. The molecule has 0 aliphatic carbocycles. The van der Waals surface area contributed by atoms with Gasteiger partial charge in [0.1, 0.15) is 0 Å². The maximum Gasteiger partial charge on any atom is 0.416 e. The Morgan fingerprint density at radius 3 is 2.52 bits per heavy atom. The quantitative estimate of drug-likeness (QED) is 0.371. The number of ether oxygens (including phenoxy) is 1. The summed E-state index contributed by atoms with van der Waals surface area (Å²) < 4.78 is 43.2. The van der Waals surface area contributed by atoms with Crippen LogP contribution in [0.15, 0.2) is 29.3 Å². The summed E-state index contributed by atoms with van der Waals surface area (Å²) in [5.74, 6) is 0.623. The van der Waals surface area contributed by atoms with Gasteiger partial charge >= 0.3 is 6.18 Å². The molecule has 1 heterocycles. The van der Waals surface area contributed by atoms with Gasteiger partial charge in [0.25, 0.3) is 0 Å². The van der Waals surface area contributed by atoms with Crippen LogP contribution in [0.5, 0.6) is 0 Å². The molecule has 2 rings (SSSR count). The molecule has 27 heavy (non-hydrogen) atoms. The molecule has 2 unspecified atom stereocenters. The lowest BCUT2D eigenvalue weighted by Gasteiger charge is -2.38. The van der Waals surface area contributed by atoms with E-state index in [-0.39, 0.29) is 24.0 Å². The van der Waals surface area contributed by atoms with E-state index >= 15 is 0 Å². The van der Waals surface area contributed by atoms with Gasteiger partial charge in [-0.05, 0) is 31.5 Å². The van der Waals surface area contributed by atoms with Crippen molar-refractivity contribution in [2.45, 2.75) is 38.7 Å². The Balaban J connectivity index is 0.00000364. The highest BCUT2D eigenvalue weighted by atomic mass is 127. The molecule has 0 bridgehead atoms. The predicted molar refractivity (Wildman–Crippen MR) is 112 cm³/mol. The van der Waals surface area contributed by atoms with Crippen molar-refractivity contribution in [2.75, 3.05) is 33.4 Å². The fourth-order valence-corrected chi connectivity index (χ4v) is 2.97. The SMILES string of the molecule is CN=C(NCc1ccc(C(F)(F)F)cc1)NCC(C)N1CCOCC1C.I. The minimum Gasteiger partial charge on any atom is -0.379 e. The van der Waals surface area contributed by atoms with Crippen LogP contribution < -0.4 is 10.6 Å². The first kappa shape index (κ1) is 24.0. The summed E-state index contributed by atoms with van der Waals surface area (Å²) in [4.78, 5) is 6.56. The number of hydrogen-bond donors (Lipinski definition) is 2. The second-order valence-electron chi connectivity index (χ2n) is 6.51. The summed E-state index contributed by atoms with van der Waals surface area (Å²) in [6.07, 6.45) is -4.31. The lowest BCUT2D eigenvalue weighted by molar-refractivity contribution is -0.137. The van der Waals surface area contributed by atoms with Crippen LogP contribution in [0.3, 0.4) is 0 Å². The van der Waals surface area contributed by atoms with E-state index in [2.05, 4.69) is 34.4 Å². The maximum absolute atomic E-state index is 12.6. The number of halogens is 4. The fourth-order valence-electron chi connectivity index (χ4n) is 2.97. The van der Waals surface area contributed by atoms with Crippen molar-refractivity contribution in [1.82, 2.24) is 15.5 Å². The smallest absolute Gasteiger partial charge is 0.379 e. The Kier molecular flexibility index (Phi) is 9.82. The van der Waals surface area contributed by atoms with Gasteiger partial charge < -0.3 is 15.4 Å². The molecule has 0 aromatic heterocycles. The molecule has 0 radical (unpaired) electrons. The lowest BCUT2D eigenvalue weighted by Crippen LogP contribution is -2.52. The Labute approximate surface area is 175 Å². The molecule has 5 nitrogen and oxygen atoms in total. The van der Waals surface area contributed by atoms with Gasteiger partial charge in [0, 0.05) is 38.8 Å². The van der Waals surface area contributed by atoms with E-state index in [4.69, 9.17) is 4.74 Å². The fraction of sp³-hybridized carbons (Fsp3) is 0.611. The summed E-state index contributed by atoms with van der Waals surface area (Å²) in [7, 11) is 1.67. The Morgan fingerprint density at radius 2 is 1.96 bits per heavy atom. The van der Waals surface area contributed by atoms with Gasteiger partial charge in [-0.15, -0.1) is 24.0 Å². The molecule has 1 saturated heterocycles. The first-order chi connectivity index (χ1) is 12.3. The molecular formula is C18H28F3IN4O. The largest absolute Gasteiger partial charge is 0.416 e. The second kappa shape index (κ2) is 11.1. The zero-order valence-electron chi connectivity index (χ0n) is 15.8. The van der Waals surface area contributed by atoms with Crippen LogP contribution in [-0.4, -0.2) is 56.3 Å². The topological polar surface area (TPSA) is 48.9 Å². The molecular weight excluding hydrogens is 472 g/mol. The zero-order valence-corrected chi connectivity index (χ0v) is 18.2. The van der Waals surface area contributed by atoms with Crippen molar-refractivity contribution in [3.63, 3.8) is 0 Å². The molecule has 1 aliphatic heterocycles. The highest BCUT2D eigenvalue weighted by molar-refractivity contribution is 14.0. The van der Waals surface area contributed by atoms with Gasteiger partial charge in [-0.1, -0.05) is 12.1 Å². The van der Waals surface area contributed by atoms with Gasteiger partial charge in [0.05, 0.1) is 18.8 Å². The van der Waals surface area contributed by atoms with Gasteiger partial charge in [-0.3, -0.25) is 9.89 Å².